The number of hydrogen-bond donors (Lipinski definition) is 0. The highest BCUT2D eigenvalue weighted by Gasteiger charge is 2.32. The molecule has 1 aliphatic rings. The average molecular weight is 446 g/mol. The predicted molar refractivity (Wildman–Crippen MR) is 109 cm³/mol. The van der Waals surface area contributed by atoms with E-state index in [2.05, 4.69) is 5.10 Å². The first-order chi connectivity index (χ1) is 14.9. The number of carbonyl (C=O) groups excluding carboxylic acids is 2. The number of benzene rings is 2. The zero-order valence-electron chi connectivity index (χ0n) is 16.6. The average Bonchev–Trinajstić information content (AvgIpc) is 3.13. The van der Waals surface area contributed by atoms with Crippen LogP contribution < -0.4 is 0 Å². The van der Waals surface area contributed by atoms with Gasteiger partial charge in [-0.15, -0.1) is 0 Å². The van der Waals surface area contributed by atoms with Gasteiger partial charge in [-0.05, 0) is 43.3 Å². The largest absolute Gasteiger partial charge is 0.461 e. The topological polar surface area (TPSA) is 64.4 Å². The summed E-state index contributed by atoms with van der Waals surface area (Å²) in [6.07, 6.45) is 0.388. The smallest absolute Gasteiger partial charge is 0.359 e. The Balaban J connectivity index is 1.72. The van der Waals surface area contributed by atoms with Gasteiger partial charge in [-0.25, -0.2) is 18.3 Å². The van der Waals surface area contributed by atoms with Gasteiger partial charge in [0.25, 0.3) is 5.91 Å². The number of amides is 1. The minimum Gasteiger partial charge on any atom is -0.461 e. The van der Waals surface area contributed by atoms with Crippen molar-refractivity contribution in [2.75, 3.05) is 13.2 Å². The molecule has 2 heterocycles. The summed E-state index contributed by atoms with van der Waals surface area (Å²) in [4.78, 5) is 26.8. The SMILES string of the molecule is CCOC(=O)c1nn(-c2ccc(Cl)cc2)c2c1CN(C(=O)c1ccc(F)cc1F)CC2. The van der Waals surface area contributed by atoms with Crippen molar-refractivity contribution in [3.8, 4) is 5.69 Å². The Kier molecular flexibility index (Phi) is 5.73. The van der Waals surface area contributed by atoms with E-state index < -0.39 is 23.5 Å². The van der Waals surface area contributed by atoms with E-state index in [4.69, 9.17) is 16.3 Å². The molecule has 160 valence electrons. The minimum atomic E-state index is -0.932. The van der Waals surface area contributed by atoms with Crippen molar-refractivity contribution < 1.29 is 23.1 Å². The maximum atomic E-state index is 14.1. The second-order valence-electron chi connectivity index (χ2n) is 6.98. The molecular formula is C22H18ClF2N3O3. The number of halogens is 3. The van der Waals surface area contributed by atoms with Gasteiger partial charge in [0, 0.05) is 29.6 Å². The molecule has 0 saturated heterocycles. The van der Waals surface area contributed by atoms with Gasteiger partial charge in [-0.2, -0.15) is 5.10 Å². The number of hydrogen-bond acceptors (Lipinski definition) is 4. The van der Waals surface area contributed by atoms with E-state index >= 15 is 0 Å². The lowest BCUT2D eigenvalue weighted by Crippen LogP contribution is -2.37. The maximum absolute atomic E-state index is 14.1. The van der Waals surface area contributed by atoms with Crippen LogP contribution in [0.5, 0.6) is 0 Å². The van der Waals surface area contributed by atoms with Crippen LogP contribution >= 0.6 is 11.6 Å². The molecule has 0 saturated carbocycles. The molecule has 0 aliphatic carbocycles. The molecule has 0 spiro atoms. The first kappa shape index (κ1) is 21.0. The highest BCUT2D eigenvalue weighted by molar-refractivity contribution is 6.30. The molecule has 2 aromatic carbocycles. The number of ether oxygens (including phenoxy) is 1. The fourth-order valence-corrected chi connectivity index (χ4v) is 3.71. The molecule has 1 amide bonds. The number of esters is 1. The third-order valence-corrected chi connectivity index (χ3v) is 5.30. The molecular weight excluding hydrogens is 428 g/mol. The third-order valence-electron chi connectivity index (χ3n) is 5.05. The van der Waals surface area contributed by atoms with Gasteiger partial charge in [0.2, 0.25) is 0 Å². The van der Waals surface area contributed by atoms with Crippen LogP contribution in [0.15, 0.2) is 42.5 Å². The quantitative estimate of drug-likeness (QED) is 0.565. The van der Waals surface area contributed by atoms with Crippen molar-refractivity contribution in [3.05, 3.63) is 81.6 Å². The van der Waals surface area contributed by atoms with Gasteiger partial charge in [0.05, 0.1) is 30.1 Å². The van der Waals surface area contributed by atoms with Crippen molar-refractivity contribution in [3.63, 3.8) is 0 Å². The molecule has 4 rings (SSSR count). The molecule has 0 atom stereocenters. The minimum absolute atomic E-state index is 0.0483. The predicted octanol–water partition coefficient (Wildman–Crippen LogP) is 4.18. The zero-order valence-corrected chi connectivity index (χ0v) is 17.3. The Hall–Kier alpha value is -3.26. The van der Waals surface area contributed by atoms with Crippen molar-refractivity contribution >= 4 is 23.5 Å². The highest BCUT2D eigenvalue weighted by atomic mass is 35.5. The number of carbonyl (C=O) groups is 2. The molecule has 1 aliphatic heterocycles. The first-order valence-electron chi connectivity index (χ1n) is 9.67. The Morgan fingerprint density at radius 2 is 1.90 bits per heavy atom. The Labute approximate surface area is 182 Å². The molecule has 6 nitrogen and oxygen atoms in total. The molecule has 9 heteroatoms. The van der Waals surface area contributed by atoms with Gasteiger partial charge in [0.15, 0.2) is 5.69 Å². The van der Waals surface area contributed by atoms with Crippen molar-refractivity contribution in [1.29, 1.82) is 0 Å². The lowest BCUT2D eigenvalue weighted by Gasteiger charge is -2.28. The van der Waals surface area contributed by atoms with Crippen LogP contribution in [0.1, 0.15) is 39.0 Å². The van der Waals surface area contributed by atoms with E-state index in [-0.39, 0.29) is 31.0 Å². The van der Waals surface area contributed by atoms with E-state index in [1.807, 2.05) is 0 Å². The molecule has 0 fully saturated rings. The van der Waals surface area contributed by atoms with Crippen LogP contribution in [0.25, 0.3) is 5.69 Å². The summed E-state index contributed by atoms with van der Waals surface area (Å²) in [6, 6.07) is 9.80. The Morgan fingerprint density at radius 1 is 1.16 bits per heavy atom. The van der Waals surface area contributed by atoms with Gasteiger partial charge >= 0.3 is 5.97 Å². The number of aromatic nitrogens is 2. The standard InChI is InChI=1S/C22H18ClF2N3O3/c1-2-31-22(30)20-17-12-27(21(29)16-8-5-14(24)11-18(16)25)10-9-19(17)28(26-20)15-6-3-13(23)4-7-15/h3-8,11H,2,9-10,12H2,1H3. The fraction of sp³-hybridized carbons (Fsp3) is 0.227. The van der Waals surface area contributed by atoms with Gasteiger partial charge in [0.1, 0.15) is 11.6 Å². The van der Waals surface area contributed by atoms with Crippen LogP contribution in [-0.4, -0.2) is 39.7 Å². The van der Waals surface area contributed by atoms with Crippen LogP contribution in [-0.2, 0) is 17.7 Å². The zero-order chi connectivity index (χ0) is 22.1. The molecule has 0 radical (unpaired) electrons. The molecule has 0 bridgehead atoms. The van der Waals surface area contributed by atoms with Crippen LogP contribution in [0.2, 0.25) is 5.02 Å². The molecule has 0 N–H and O–H groups in total. The second kappa shape index (κ2) is 8.47. The van der Waals surface area contributed by atoms with Crippen molar-refractivity contribution in [1.82, 2.24) is 14.7 Å². The van der Waals surface area contributed by atoms with E-state index in [1.54, 1.807) is 35.9 Å². The summed E-state index contributed by atoms with van der Waals surface area (Å²) in [5.41, 5.74) is 1.88. The highest BCUT2D eigenvalue weighted by Crippen LogP contribution is 2.28. The summed E-state index contributed by atoms with van der Waals surface area (Å²) in [6.45, 7) is 2.19. The van der Waals surface area contributed by atoms with E-state index in [0.29, 0.717) is 28.8 Å². The van der Waals surface area contributed by atoms with Gasteiger partial charge in [-0.3, -0.25) is 4.79 Å². The Bertz CT molecular complexity index is 1160. The molecule has 0 unspecified atom stereocenters. The second-order valence-corrected chi connectivity index (χ2v) is 7.42. The first-order valence-corrected chi connectivity index (χ1v) is 10.0. The number of rotatable bonds is 4. The summed E-state index contributed by atoms with van der Waals surface area (Å²) < 4.78 is 34.1. The fourth-order valence-electron chi connectivity index (χ4n) is 3.58. The number of fused-ring (bicyclic) bond motifs is 1. The van der Waals surface area contributed by atoms with E-state index in [9.17, 15) is 18.4 Å². The van der Waals surface area contributed by atoms with Crippen molar-refractivity contribution in [2.45, 2.75) is 19.9 Å². The monoisotopic (exact) mass is 445 g/mol. The maximum Gasteiger partial charge on any atom is 0.359 e. The van der Waals surface area contributed by atoms with Crippen LogP contribution in [0, 0.1) is 11.6 Å². The summed E-state index contributed by atoms with van der Waals surface area (Å²) in [7, 11) is 0. The lowest BCUT2D eigenvalue weighted by molar-refractivity contribution is 0.0513. The summed E-state index contributed by atoms with van der Waals surface area (Å²) in [5.74, 6) is -2.88. The normalized spacial score (nSPS) is 13.1. The van der Waals surface area contributed by atoms with Gasteiger partial charge < -0.3 is 9.64 Å². The van der Waals surface area contributed by atoms with Crippen molar-refractivity contribution in [2.24, 2.45) is 0 Å². The molecule has 3 aromatic rings. The molecule has 1 aromatic heterocycles. The molecule has 31 heavy (non-hydrogen) atoms. The Morgan fingerprint density at radius 3 is 2.58 bits per heavy atom. The van der Waals surface area contributed by atoms with E-state index in [0.717, 1.165) is 17.8 Å². The van der Waals surface area contributed by atoms with Crippen LogP contribution in [0.4, 0.5) is 8.78 Å². The summed E-state index contributed by atoms with van der Waals surface area (Å²) >= 11 is 5.97. The number of nitrogens with zero attached hydrogens (tertiary/aromatic N) is 3. The summed E-state index contributed by atoms with van der Waals surface area (Å²) in [5, 5.41) is 5.01. The lowest BCUT2D eigenvalue weighted by atomic mass is 10.0. The van der Waals surface area contributed by atoms with E-state index in [1.165, 1.54) is 4.90 Å². The van der Waals surface area contributed by atoms with Gasteiger partial charge in [-0.1, -0.05) is 11.6 Å². The third kappa shape index (κ3) is 4.03. The van der Waals surface area contributed by atoms with Crippen LogP contribution in [0.3, 0.4) is 0 Å².